The SMILES string of the molecule is COc1ccc(C(=O)NC(C)(CCl)c2ccccc2)cc1. The molecule has 1 atom stereocenters. The van der Waals surface area contributed by atoms with Crippen LogP contribution >= 0.6 is 11.6 Å². The van der Waals surface area contributed by atoms with Crippen LogP contribution in [0.2, 0.25) is 0 Å². The molecular weight excluding hydrogens is 286 g/mol. The zero-order valence-electron chi connectivity index (χ0n) is 12.1. The van der Waals surface area contributed by atoms with Gasteiger partial charge in [0.05, 0.1) is 12.6 Å². The van der Waals surface area contributed by atoms with Gasteiger partial charge >= 0.3 is 0 Å². The molecule has 0 aliphatic carbocycles. The van der Waals surface area contributed by atoms with E-state index >= 15 is 0 Å². The highest BCUT2D eigenvalue weighted by Crippen LogP contribution is 2.23. The number of methoxy groups -OCH3 is 1. The van der Waals surface area contributed by atoms with Crippen molar-refractivity contribution in [3.8, 4) is 5.75 Å². The van der Waals surface area contributed by atoms with Gasteiger partial charge in [0.2, 0.25) is 0 Å². The van der Waals surface area contributed by atoms with Crippen molar-refractivity contribution in [3.63, 3.8) is 0 Å². The minimum Gasteiger partial charge on any atom is -0.497 e. The number of benzene rings is 2. The number of hydrogen-bond acceptors (Lipinski definition) is 2. The van der Waals surface area contributed by atoms with Crippen molar-refractivity contribution < 1.29 is 9.53 Å². The highest BCUT2D eigenvalue weighted by molar-refractivity contribution is 6.19. The molecule has 0 radical (unpaired) electrons. The van der Waals surface area contributed by atoms with Crippen molar-refractivity contribution in [2.24, 2.45) is 0 Å². The smallest absolute Gasteiger partial charge is 0.252 e. The fourth-order valence-corrected chi connectivity index (χ4v) is 2.27. The third-order valence-corrected chi connectivity index (χ3v) is 3.95. The van der Waals surface area contributed by atoms with Gasteiger partial charge in [-0.2, -0.15) is 0 Å². The molecule has 1 N–H and O–H groups in total. The van der Waals surface area contributed by atoms with Crippen molar-refractivity contribution in [2.75, 3.05) is 13.0 Å². The summed E-state index contributed by atoms with van der Waals surface area (Å²) in [6, 6.07) is 16.7. The summed E-state index contributed by atoms with van der Waals surface area (Å²) in [4.78, 5) is 12.4. The summed E-state index contributed by atoms with van der Waals surface area (Å²) >= 11 is 6.09. The summed E-state index contributed by atoms with van der Waals surface area (Å²) in [5, 5.41) is 3.00. The lowest BCUT2D eigenvalue weighted by Gasteiger charge is -2.29. The maximum Gasteiger partial charge on any atom is 0.252 e. The van der Waals surface area contributed by atoms with Crippen LogP contribution in [0.3, 0.4) is 0 Å². The average Bonchev–Trinajstić information content (AvgIpc) is 2.55. The van der Waals surface area contributed by atoms with Crippen molar-refractivity contribution in [1.29, 1.82) is 0 Å². The molecule has 1 amide bonds. The molecule has 0 saturated heterocycles. The normalized spacial score (nSPS) is 13.3. The first-order chi connectivity index (χ1) is 10.1. The van der Waals surface area contributed by atoms with Crippen molar-refractivity contribution in [1.82, 2.24) is 5.32 Å². The third-order valence-electron chi connectivity index (χ3n) is 3.42. The first kappa shape index (κ1) is 15.4. The van der Waals surface area contributed by atoms with Gasteiger partial charge in [-0.3, -0.25) is 4.79 Å². The first-order valence-electron chi connectivity index (χ1n) is 6.67. The molecule has 110 valence electrons. The van der Waals surface area contributed by atoms with Gasteiger partial charge in [0.15, 0.2) is 0 Å². The van der Waals surface area contributed by atoms with Crippen LogP contribution in [0.5, 0.6) is 5.75 Å². The number of rotatable bonds is 5. The van der Waals surface area contributed by atoms with Crippen molar-refractivity contribution in [2.45, 2.75) is 12.5 Å². The second-order valence-corrected chi connectivity index (χ2v) is 5.28. The summed E-state index contributed by atoms with van der Waals surface area (Å²) in [5.41, 5.74) is 0.935. The van der Waals surface area contributed by atoms with Crippen LogP contribution in [0.4, 0.5) is 0 Å². The Kier molecular flexibility index (Phi) is 4.86. The summed E-state index contributed by atoms with van der Waals surface area (Å²) in [7, 11) is 1.59. The van der Waals surface area contributed by atoms with E-state index < -0.39 is 5.54 Å². The van der Waals surface area contributed by atoms with Gasteiger partial charge in [-0.05, 0) is 36.8 Å². The molecule has 2 aromatic carbocycles. The zero-order chi connectivity index (χ0) is 15.3. The fourth-order valence-electron chi connectivity index (χ4n) is 2.05. The molecule has 4 heteroatoms. The minimum atomic E-state index is -0.611. The predicted octanol–water partition coefficient (Wildman–Crippen LogP) is 3.58. The van der Waals surface area contributed by atoms with E-state index in [0.29, 0.717) is 11.4 Å². The largest absolute Gasteiger partial charge is 0.497 e. The number of ether oxygens (including phenoxy) is 1. The Labute approximate surface area is 129 Å². The number of carbonyl (C=O) groups is 1. The van der Waals surface area contributed by atoms with Gasteiger partial charge in [0.1, 0.15) is 5.75 Å². The molecule has 0 aliphatic rings. The molecule has 1 unspecified atom stereocenters. The summed E-state index contributed by atoms with van der Waals surface area (Å²) in [6.07, 6.45) is 0. The fraction of sp³-hybridized carbons (Fsp3) is 0.235. The van der Waals surface area contributed by atoms with E-state index in [1.165, 1.54) is 0 Å². The monoisotopic (exact) mass is 303 g/mol. The van der Waals surface area contributed by atoms with Gasteiger partial charge in [0, 0.05) is 11.4 Å². The molecule has 0 heterocycles. The molecule has 0 fully saturated rings. The Morgan fingerprint density at radius 1 is 1.14 bits per heavy atom. The number of alkyl halides is 1. The van der Waals surface area contributed by atoms with Gasteiger partial charge < -0.3 is 10.1 Å². The summed E-state index contributed by atoms with van der Waals surface area (Å²) in [5.74, 6) is 0.846. The average molecular weight is 304 g/mol. The quantitative estimate of drug-likeness (QED) is 0.857. The van der Waals surface area contributed by atoms with E-state index in [0.717, 1.165) is 11.3 Å². The van der Waals surface area contributed by atoms with Gasteiger partial charge in [0.25, 0.3) is 5.91 Å². The Bertz CT molecular complexity index is 598. The van der Waals surface area contributed by atoms with E-state index in [2.05, 4.69) is 5.32 Å². The van der Waals surface area contributed by atoms with Gasteiger partial charge in [-0.1, -0.05) is 30.3 Å². The predicted molar refractivity (Wildman–Crippen MR) is 85.0 cm³/mol. The van der Waals surface area contributed by atoms with Crippen molar-refractivity contribution >= 4 is 17.5 Å². The molecule has 2 aromatic rings. The summed E-state index contributed by atoms with van der Waals surface area (Å²) < 4.78 is 5.09. The maximum atomic E-state index is 12.4. The molecular formula is C17H18ClNO2. The summed E-state index contributed by atoms with van der Waals surface area (Å²) in [6.45, 7) is 1.91. The molecule has 0 aliphatic heterocycles. The second-order valence-electron chi connectivity index (χ2n) is 5.01. The lowest BCUT2D eigenvalue weighted by atomic mass is 9.93. The van der Waals surface area contributed by atoms with E-state index in [9.17, 15) is 4.79 Å². The van der Waals surface area contributed by atoms with E-state index in [4.69, 9.17) is 16.3 Å². The van der Waals surface area contributed by atoms with Crippen LogP contribution in [0.15, 0.2) is 54.6 Å². The van der Waals surface area contributed by atoms with E-state index in [1.807, 2.05) is 37.3 Å². The Morgan fingerprint density at radius 2 is 1.76 bits per heavy atom. The number of carbonyl (C=O) groups excluding carboxylic acids is 1. The first-order valence-corrected chi connectivity index (χ1v) is 7.20. The molecule has 2 rings (SSSR count). The Morgan fingerprint density at radius 3 is 2.29 bits per heavy atom. The van der Waals surface area contributed by atoms with E-state index in [-0.39, 0.29) is 5.91 Å². The number of hydrogen-bond donors (Lipinski definition) is 1. The molecule has 0 saturated carbocycles. The topological polar surface area (TPSA) is 38.3 Å². The highest BCUT2D eigenvalue weighted by Gasteiger charge is 2.27. The van der Waals surface area contributed by atoms with Crippen LogP contribution in [-0.4, -0.2) is 18.9 Å². The molecule has 0 spiro atoms. The zero-order valence-corrected chi connectivity index (χ0v) is 12.9. The van der Waals surface area contributed by atoms with E-state index in [1.54, 1.807) is 31.4 Å². The molecule has 3 nitrogen and oxygen atoms in total. The number of nitrogens with one attached hydrogen (secondary N) is 1. The third kappa shape index (κ3) is 3.56. The van der Waals surface area contributed by atoms with Crippen LogP contribution in [0.1, 0.15) is 22.8 Å². The van der Waals surface area contributed by atoms with Gasteiger partial charge in [-0.25, -0.2) is 0 Å². The minimum absolute atomic E-state index is 0.162. The van der Waals surface area contributed by atoms with Crippen LogP contribution < -0.4 is 10.1 Å². The molecule has 0 aromatic heterocycles. The standard InChI is InChI=1S/C17H18ClNO2/c1-17(12-18,14-6-4-3-5-7-14)19-16(20)13-8-10-15(21-2)11-9-13/h3-11H,12H2,1-2H3,(H,19,20). The number of amides is 1. The Hall–Kier alpha value is -2.00. The Balaban J connectivity index is 2.19. The number of halogens is 1. The second kappa shape index (κ2) is 6.64. The van der Waals surface area contributed by atoms with Crippen LogP contribution in [0.25, 0.3) is 0 Å². The van der Waals surface area contributed by atoms with Crippen molar-refractivity contribution in [3.05, 3.63) is 65.7 Å². The lowest BCUT2D eigenvalue weighted by Crippen LogP contribution is -2.45. The maximum absolute atomic E-state index is 12.4. The van der Waals surface area contributed by atoms with Crippen LogP contribution in [0, 0.1) is 0 Å². The van der Waals surface area contributed by atoms with Crippen LogP contribution in [-0.2, 0) is 5.54 Å². The highest BCUT2D eigenvalue weighted by atomic mass is 35.5. The molecule has 21 heavy (non-hydrogen) atoms. The van der Waals surface area contributed by atoms with Gasteiger partial charge in [-0.15, -0.1) is 11.6 Å². The lowest BCUT2D eigenvalue weighted by molar-refractivity contribution is 0.0913. The molecule has 0 bridgehead atoms.